The predicted octanol–water partition coefficient (Wildman–Crippen LogP) is 4.86. The van der Waals surface area contributed by atoms with Crippen LogP contribution in [0.15, 0.2) is 53.5 Å². The van der Waals surface area contributed by atoms with Gasteiger partial charge in [0, 0.05) is 35.4 Å². The molecule has 0 aromatic heterocycles. The maximum atomic E-state index is 9.59. The van der Waals surface area contributed by atoms with Crippen LogP contribution in [0.2, 0.25) is 0 Å². The first-order chi connectivity index (χ1) is 16.7. The molecule has 1 aliphatic rings. The van der Waals surface area contributed by atoms with Crippen molar-refractivity contribution in [3.05, 3.63) is 59.1 Å². The number of aliphatic hydroxyl groups excluding tert-OH is 1. The van der Waals surface area contributed by atoms with Crippen LogP contribution >= 0.6 is 0 Å². The standard InChI is InChI=1S/C28H28N4O2/c1-2-3-4-5-8-13-32(14-15-33)21-11-12-25-26(16-21)34-27-17-24(20(18-29)19-30)22-9-6-7-10-23(22)28(27)31-25/h6-7,9-12,16-17,33H,2-5,8,13-15H2,1H3. The number of fused-ring (bicyclic) bond motifs is 4. The molecule has 172 valence electrons. The molecule has 0 amide bonds. The summed E-state index contributed by atoms with van der Waals surface area (Å²) < 4.78 is 6.28. The molecule has 0 fully saturated rings. The number of nitrogens with zero attached hydrogens (tertiary/aromatic N) is 4. The minimum absolute atomic E-state index is 0.0411. The van der Waals surface area contributed by atoms with Crippen LogP contribution in [0.1, 0.15) is 39.0 Å². The van der Waals surface area contributed by atoms with E-state index in [-0.39, 0.29) is 12.2 Å². The van der Waals surface area contributed by atoms with Gasteiger partial charge in [0.25, 0.3) is 0 Å². The van der Waals surface area contributed by atoms with E-state index in [2.05, 4.69) is 11.8 Å². The maximum absolute atomic E-state index is 9.59. The normalized spacial score (nSPS) is 11.4. The van der Waals surface area contributed by atoms with E-state index in [1.54, 1.807) is 6.07 Å². The fourth-order valence-corrected chi connectivity index (χ4v) is 4.39. The van der Waals surface area contributed by atoms with Crippen molar-refractivity contribution in [2.45, 2.75) is 39.0 Å². The van der Waals surface area contributed by atoms with E-state index < -0.39 is 0 Å². The van der Waals surface area contributed by atoms with Gasteiger partial charge >= 0.3 is 0 Å². The highest BCUT2D eigenvalue weighted by molar-refractivity contribution is 5.90. The van der Waals surface area contributed by atoms with E-state index in [4.69, 9.17) is 9.73 Å². The molecule has 0 bridgehead atoms. The summed E-state index contributed by atoms with van der Waals surface area (Å²) in [6, 6.07) is 19.3. The lowest BCUT2D eigenvalue weighted by atomic mass is 10.0. The molecule has 0 saturated heterocycles. The molecule has 1 aliphatic heterocycles. The third kappa shape index (κ3) is 4.73. The Morgan fingerprint density at radius 3 is 2.44 bits per heavy atom. The Kier molecular flexibility index (Phi) is 7.42. The SMILES string of the molecule is CCCCCCCN(CCO)c1ccc2c(c1)Oc1cc(=C(C#N)C#N)c3ccccc3c1=N2. The van der Waals surface area contributed by atoms with Crippen molar-refractivity contribution < 1.29 is 9.84 Å². The first kappa shape index (κ1) is 23.3. The van der Waals surface area contributed by atoms with Gasteiger partial charge in [0.1, 0.15) is 28.8 Å². The molecule has 3 aromatic rings. The molecule has 3 aromatic carbocycles. The number of hydrogen-bond donors (Lipinski definition) is 1. The molecule has 0 atom stereocenters. The predicted molar refractivity (Wildman–Crippen MR) is 134 cm³/mol. The Balaban J connectivity index is 1.73. The van der Waals surface area contributed by atoms with Gasteiger partial charge in [-0.2, -0.15) is 10.5 Å². The largest absolute Gasteiger partial charge is 0.453 e. The van der Waals surface area contributed by atoms with Gasteiger partial charge in [-0.3, -0.25) is 0 Å². The van der Waals surface area contributed by atoms with Gasteiger partial charge in [-0.1, -0.05) is 56.9 Å². The molecule has 0 radical (unpaired) electrons. The Labute approximate surface area is 199 Å². The summed E-state index contributed by atoms with van der Waals surface area (Å²) >= 11 is 0. The molecule has 0 unspecified atom stereocenters. The number of aliphatic hydroxyl groups is 1. The van der Waals surface area contributed by atoms with Crippen molar-refractivity contribution in [1.29, 1.82) is 10.5 Å². The quantitative estimate of drug-likeness (QED) is 0.366. The second-order valence-electron chi connectivity index (χ2n) is 8.41. The van der Waals surface area contributed by atoms with Gasteiger partial charge < -0.3 is 14.7 Å². The van der Waals surface area contributed by atoms with Crippen molar-refractivity contribution >= 4 is 27.7 Å². The summed E-state index contributed by atoms with van der Waals surface area (Å²) in [5.41, 5.74) is 1.74. The van der Waals surface area contributed by atoms with E-state index in [1.807, 2.05) is 54.6 Å². The lowest BCUT2D eigenvalue weighted by Gasteiger charge is -2.25. The van der Waals surface area contributed by atoms with Crippen LogP contribution in [0.25, 0.3) is 16.3 Å². The van der Waals surface area contributed by atoms with E-state index >= 15 is 0 Å². The molecule has 0 aliphatic carbocycles. The van der Waals surface area contributed by atoms with Crippen molar-refractivity contribution in [3.8, 4) is 23.6 Å². The summed E-state index contributed by atoms with van der Waals surface area (Å²) in [5, 5.41) is 31.4. The van der Waals surface area contributed by atoms with Crippen LogP contribution < -0.4 is 20.2 Å². The molecule has 0 saturated carbocycles. The van der Waals surface area contributed by atoms with Gasteiger partial charge in [0.2, 0.25) is 0 Å². The summed E-state index contributed by atoms with van der Waals surface area (Å²) in [6.45, 7) is 3.71. The Hall–Kier alpha value is -3.87. The molecule has 0 spiro atoms. The van der Waals surface area contributed by atoms with Gasteiger partial charge in [0.05, 0.1) is 6.61 Å². The van der Waals surface area contributed by atoms with Gasteiger partial charge in [-0.25, -0.2) is 4.99 Å². The second-order valence-corrected chi connectivity index (χ2v) is 8.41. The fraction of sp³-hybridized carbons (Fsp3) is 0.321. The number of anilines is 1. The summed E-state index contributed by atoms with van der Waals surface area (Å²) in [7, 11) is 0. The van der Waals surface area contributed by atoms with Crippen molar-refractivity contribution in [1.82, 2.24) is 0 Å². The number of benzene rings is 3. The number of unbranched alkanes of at least 4 members (excludes halogenated alkanes) is 4. The Morgan fingerprint density at radius 1 is 0.941 bits per heavy atom. The highest BCUT2D eigenvalue weighted by Gasteiger charge is 2.18. The van der Waals surface area contributed by atoms with Crippen LogP contribution in [-0.4, -0.2) is 24.8 Å². The van der Waals surface area contributed by atoms with Gasteiger partial charge in [-0.15, -0.1) is 0 Å². The molecule has 6 heteroatoms. The van der Waals surface area contributed by atoms with E-state index in [0.717, 1.165) is 35.1 Å². The minimum Gasteiger partial charge on any atom is -0.453 e. The van der Waals surface area contributed by atoms with Crippen molar-refractivity contribution in [3.63, 3.8) is 0 Å². The highest BCUT2D eigenvalue weighted by Crippen LogP contribution is 2.37. The number of hydrogen-bond acceptors (Lipinski definition) is 6. The zero-order valence-corrected chi connectivity index (χ0v) is 19.4. The third-order valence-electron chi connectivity index (χ3n) is 6.14. The monoisotopic (exact) mass is 452 g/mol. The van der Waals surface area contributed by atoms with E-state index in [1.165, 1.54) is 25.7 Å². The molecule has 6 nitrogen and oxygen atoms in total. The Bertz CT molecular complexity index is 1380. The molecular weight excluding hydrogens is 424 g/mol. The number of ether oxygens (including phenoxy) is 1. The van der Waals surface area contributed by atoms with E-state index in [0.29, 0.717) is 28.6 Å². The maximum Gasteiger partial charge on any atom is 0.155 e. The zero-order valence-electron chi connectivity index (χ0n) is 19.4. The van der Waals surface area contributed by atoms with Crippen LogP contribution in [0.3, 0.4) is 0 Å². The van der Waals surface area contributed by atoms with E-state index in [9.17, 15) is 15.6 Å². The lowest BCUT2D eigenvalue weighted by molar-refractivity contribution is 0.301. The molecule has 4 rings (SSSR count). The summed E-state index contributed by atoms with van der Waals surface area (Å²) in [5.74, 6) is 1.14. The fourth-order valence-electron chi connectivity index (χ4n) is 4.39. The minimum atomic E-state index is 0.0411. The molecule has 1 heterocycles. The first-order valence-corrected chi connectivity index (χ1v) is 11.8. The lowest BCUT2D eigenvalue weighted by Crippen LogP contribution is -2.27. The number of nitriles is 2. The van der Waals surface area contributed by atoms with Crippen LogP contribution in [-0.2, 0) is 0 Å². The summed E-state index contributed by atoms with van der Waals surface area (Å²) in [6.07, 6.45) is 5.94. The van der Waals surface area contributed by atoms with Crippen LogP contribution in [0.4, 0.5) is 11.4 Å². The topological polar surface area (TPSA) is 92.6 Å². The Morgan fingerprint density at radius 2 is 1.71 bits per heavy atom. The van der Waals surface area contributed by atoms with Crippen molar-refractivity contribution in [2.75, 3.05) is 24.6 Å². The number of rotatable bonds is 9. The molecule has 34 heavy (non-hydrogen) atoms. The smallest absolute Gasteiger partial charge is 0.155 e. The average Bonchev–Trinajstić information content (AvgIpc) is 2.87. The first-order valence-electron chi connectivity index (χ1n) is 11.8. The second kappa shape index (κ2) is 10.8. The third-order valence-corrected chi connectivity index (χ3v) is 6.14. The molecule has 1 N–H and O–H groups in total. The zero-order chi connectivity index (χ0) is 23.9. The van der Waals surface area contributed by atoms with Gasteiger partial charge in [0.15, 0.2) is 11.5 Å². The molecular formula is C28H28N4O2. The highest BCUT2D eigenvalue weighted by atomic mass is 16.5. The van der Waals surface area contributed by atoms with Crippen LogP contribution in [0.5, 0.6) is 11.5 Å². The van der Waals surface area contributed by atoms with Crippen molar-refractivity contribution in [2.24, 2.45) is 4.99 Å². The van der Waals surface area contributed by atoms with Crippen LogP contribution in [0, 0.1) is 22.7 Å². The van der Waals surface area contributed by atoms with Gasteiger partial charge in [-0.05, 0) is 30.0 Å². The summed E-state index contributed by atoms with van der Waals surface area (Å²) in [4.78, 5) is 7.04. The average molecular weight is 453 g/mol.